The maximum Gasteiger partial charge on any atom is 0.490 e. The fourth-order valence-electron chi connectivity index (χ4n) is 14.1. The highest BCUT2D eigenvalue weighted by Crippen LogP contribution is 2.32. The molecule has 3 heterocycles. The number of thiazole rings is 1. The minimum Gasteiger partial charge on any atom is -0.475 e. The third-order valence-corrected chi connectivity index (χ3v) is 21.5. The number of nitrogens with zero attached hydrogens (tertiary/aromatic N) is 6. The number of carbonyl (C=O) groups excluding carboxylic acids is 10. The zero-order valence-corrected chi connectivity index (χ0v) is 68.4. The van der Waals surface area contributed by atoms with E-state index in [0.29, 0.717) is 75.8 Å². The molecule has 114 heavy (non-hydrogen) atoms. The van der Waals surface area contributed by atoms with Crippen LogP contribution in [0.15, 0.2) is 103 Å². The van der Waals surface area contributed by atoms with Crippen LogP contribution in [0.5, 0.6) is 0 Å². The third-order valence-electron chi connectivity index (χ3n) is 20.6. The number of nitrogens with two attached hydrogens (primary N) is 1. The first kappa shape index (κ1) is 94.7. The zero-order valence-electron chi connectivity index (χ0n) is 67.5. The van der Waals surface area contributed by atoms with Gasteiger partial charge in [0, 0.05) is 95.5 Å². The lowest BCUT2D eigenvalue weighted by Crippen LogP contribution is -2.60. The van der Waals surface area contributed by atoms with Crippen molar-refractivity contribution >= 4 is 94.0 Å². The second-order valence-electron chi connectivity index (χ2n) is 30.0. The molecule has 0 unspecified atom stereocenters. The molecule has 0 bridgehead atoms. The van der Waals surface area contributed by atoms with Gasteiger partial charge in [-0.25, -0.2) is 19.4 Å². The Kier molecular flexibility index (Phi) is 38.6. The van der Waals surface area contributed by atoms with Crippen LogP contribution in [0.4, 0.5) is 34.1 Å². The van der Waals surface area contributed by atoms with Crippen molar-refractivity contribution in [3.05, 3.63) is 124 Å². The number of benzene rings is 3. The number of rotatable bonds is 44. The van der Waals surface area contributed by atoms with E-state index >= 15 is 0 Å². The van der Waals surface area contributed by atoms with E-state index < -0.39 is 84.4 Å². The number of alkyl halides is 3. The van der Waals surface area contributed by atoms with Gasteiger partial charge in [-0.1, -0.05) is 130 Å². The molecule has 0 aliphatic carbocycles. The van der Waals surface area contributed by atoms with E-state index in [1.807, 2.05) is 113 Å². The van der Waals surface area contributed by atoms with Crippen LogP contribution in [-0.4, -0.2) is 222 Å². The van der Waals surface area contributed by atoms with Crippen molar-refractivity contribution in [3.8, 4) is 0 Å². The lowest BCUT2D eigenvalue weighted by atomic mass is 9.89. The Balaban J connectivity index is 0.00000316. The van der Waals surface area contributed by atoms with Gasteiger partial charge in [0.2, 0.25) is 41.4 Å². The monoisotopic (exact) mass is 1620 g/mol. The SMILES string of the molecule is CC[C@H](C)[C@@H]([C@@H](CC(=O)N1CCC[C@H]1[C@H](OC)[C@@H](C)C(=O)N[C@@H](Cc1ccccc1)c1nccs1)OC)N(C)C(=O)[C@@H](NC(=O)[C@H](C(C)C)N(C)CCc1ccc(N(CCc2ccc(NC(=O)[C@H](CCCNC(N)=O)NC(=O)[C@@H](NC(=O)CCCCCN3C(=O)C=CC3=O)C(C)C)cc2)C(=O)O)cc1)C(C)C.O=C(O)C(F)(F)F. The molecule has 6 rings (SSSR count). The highest BCUT2D eigenvalue weighted by atomic mass is 32.1. The smallest absolute Gasteiger partial charge is 0.475 e. The molecule has 10 N–H and O–H groups in total. The molecule has 3 aromatic carbocycles. The van der Waals surface area contributed by atoms with Crippen LogP contribution < -0.4 is 42.5 Å². The molecule has 29 nitrogen and oxygen atoms in total. The Morgan fingerprint density at radius 2 is 1.32 bits per heavy atom. The predicted octanol–water partition coefficient (Wildman–Crippen LogP) is 8.66. The third kappa shape index (κ3) is 29.2. The number of urea groups is 1. The molecule has 12 amide bonds. The highest BCUT2D eigenvalue weighted by molar-refractivity contribution is 7.09. The first-order chi connectivity index (χ1) is 53.9. The second kappa shape index (κ2) is 46.5. The molecule has 0 spiro atoms. The van der Waals surface area contributed by atoms with Gasteiger partial charge >= 0.3 is 24.3 Å². The number of nitrogens with one attached hydrogen (secondary N) is 6. The van der Waals surface area contributed by atoms with E-state index in [-0.39, 0.29) is 122 Å². The number of carboxylic acids is 1. The molecule has 1 fully saturated rings. The van der Waals surface area contributed by atoms with Gasteiger partial charge < -0.3 is 67.1 Å². The topological polar surface area (TPSA) is 391 Å². The maximum atomic E-state index is 15.0. The molecule has 628 valence electrons. The summed E-state index contributed by atoms with van der Waals surface area (Å²) in [5.74, 6) is -7.59. The fourth-order valence-corrected chi connectivity index (χ4v) is 14.8. The Bertz CT molecular complexity index is 3820. The van der Waals surface area contributed by atoms with Gasteiger partial charge in [0.05, 0.1) is 48.7 Å². The summed E-state index contributed by atoms with van der Waals surface area (Å²) in [6.45, 7) is 18.5. The average Bonchev–Trinajstić information content (AvgIpc) is 1.44. The molecular weight excluding hydrogens is 1500 g/mol. The molecule has 0 saturated carbocycles. The zero-order chi connectivity index (χ0) is 84.7. The number of methoxy groups -OCH3 is 2. The largest absolute Gasteiger partial charge is 0.490 e. The van der Waals surface area contributed by atoms with Crippen LogP contribution in [0, 0.1) is 29.6 Å². The molecule has 2 aliphatic heterocycles. The summed E-state index contributed by atoms with van der Waals surface area (Å²) in [7, 11) is 6.70. The minimum absolute atomic E-state index is 0.0348. The van der Waals surface area contributed by atoms with Crippen molar-refractivity contribution in [3.63, 3.8) is 0 Å². The van der Waals surface area contributed by atoms with Crippen LogP contribution >= 0.6 is 11.3 Å². The van der Waals surface area contributed by atoms with Crippen molar-refractivity contribution in [1.82, 2.24) is 51.2 Å². The Labute approximate surface area is 669 Å². The Morgan fingerprint density at radius 3 is 1.87 bits per heavy atom. The number of hydrogen-bond acceptors (Lipinski definition) is 17. The number of likely N-dealkylation sites (N-methyl/N-ethyl adjacent to an activating group) is 2. The van der Waals surface area contributed by atoms with E-state index in [0.717, 1.165) is 33.0 Å². The van der Waals surface area contributed by atoms with Gasteiger partial charge in [-0.15, -0.1) is 11.3 Å². The number of hydrogen-bond donors (Lipinski definition) is 9. The lowest BCUT2D eigenvalue weighted by Gasteiger charge is -2.41. The van der Waals surface area contributed by atoms with Crippen LogP contribution in [0.25, 0.3) is 0 Å². The van der Waals surface area contributed by atoms with Gasteiger partial charge in [-0.05, 0) is 129 Å². The standard InChI is InChI=1S/C79H115N13O14S.C2HF3O2/c1-14-52(8)70(62(105-12)48-66(96)91-43-22-26-61(91)71(106-13)53(9)72(97)85-60(76-81-41-46-107-76)47-56-23-17-15-18-24-56)89(11)77(101)68(50(4)5)87-75(100)69(51(6)7)88(10)44-38-55-30-34-58(35-31-55)90(79(103)104)45-39-54-28-32-57(33-29-54)83-73(98)59(25-21-40-82-78(80)102)84-74(99)67(49(2)3)86-63(93)27-19-16-20-42-92-64(94)36-37-65(92)95;3-2(4,5)1(6)7/h15,17-18,23-24,28-37,41,46,49-53,59-62,67-71H,14,16,19-22,25-27,38-40,42-45,47-48H2,1-13H3,(H,83,98)(H,84,99)(H,85,97)(H,86,93)(H,87,100)(H,103,104)(H3,80,82,102);(H,6,7)/t52-,53+,59-,60-,61-,62+,67-,68-,69-,70-,71+;/m0./s1. The summed E-state index contributed by atoms with van der Waals surface area (Å²) in [4.78, 5) is 168. The second-order valence-corrected chi connectivity index (χ2v) is 30.9. The number of aromatic nitrogens is 1. The number of imide groups is 1. The van der Waals surface area contributed by atoms with E-state index in [2.05, 4.69) is 36.9 Å². The summed E-state index contributed by atoms with van der Waals surface area (Å²) in [5, 5.41) is 37.5. The number of likely N-dealkylation sites (tertiary alicyclic amines) is 1. The van der Waals surface area contributed by atoms with Crippen LogP contribution in [0.1, 0.15) is 154 Å². The number of unbranched alkanes of at least 4 members (excludes halogenated alkanes) is 2. The molecule has 1 saturated heterocycles. The van der Waals surface area contributed by atoms with E-state index in [4.69, 9.17) is 25.1 Å². The predicted molar refractivity (Wildman–Crippen MR) is 425 cm³/mol. The molecular formula is C81H116F3N13O16S. The van der Waals surface area contributed by atoms with Gasteiger partial charge in [0.15, 0.2) is 0 Å². The van der Waals surface area contributed by atoms with Gasteiger partial charge in [0.1, 0.15) is 23.1 Å². The fraction of sp³-hybridized carbons (Fsp3) is 0.568. The van der Waals surface area contributed by atoms with Crippen LogP contribution in [-0.2, 0) is 76.7 Å². The molecule has 11 atom stereocenters. The summed E-state index contributed by atoms with van der Waals surface area (Å²) in [6, 6.07) is 18.3. The summed E-state index contributed by atoms with van der Waals surface area (Å²) >= 11 is 1.48. The Hall–Kier alpha value is -9.86. The van der Waals surface area contributed by atoms with E-state index in [1.54, 1.807) is 82.6 Å². The maximum absolute atomic E-state index is 15.0. The van der Waals surface area contributed by atoms with Crippen molar-refractivity contribution in [2.24, 2.45) is 35.3 Å². The number of carbonyl (C=O) groups is 12. The molecule has 2 aliphatic rings. The molecule has 0 radical (unpaired) electrons. The number of halogens is 3. The number of anilines is 2. The van der Waals surface area contributed by atoms with Crippen LogP contribution in [0.2, 0.25) is 0 Å². The molecule has 33 heteroatoms. The summed E-state index contributed by atoms with van der Waals surface area (Å²) in [5.41, 5.74) is 8.84. The van der Waals surface area contributed by atoms with Crippen molar-refractivity contribution in [2.75, 3.05) is 71.3 Å². The van der Waals surface area contributed by atoms with Crippen molar-refractivity contribution in [2.45, 2.75) is 206 Å². The molecule has 1 aromatic heterocycles. The van der Waals surface area contributed by atoms with E-state index in [9.17, 15) is 71.0 Å². The first-order valence-corrected chi connectivity index (χ1v) is 39.6. The minimum atomic E-state index is -5.08. The number of aliphatic carboxylic acids is 1. The van der Waals surface area contributed by atoms with Crippen molar-refractivity contribution in [1.29, 1.82) is 0 Å². The lowest BCUT2D eigenvalue weighted by molar-refractivity contribution is -0.192. The van der Waals surface area contributed by atoms with E-state index in [1.165, 1.54) is 28.4 Å². The summed E-state index contributed by atoms with van der Waals surface area (Å²) < 4.78 is 44.0. The summed E-state index contributed by atoms with van der Waals surface area (Å²) in [6.07, 6.45) is 1.99. The average molecular weight is 1620 g/mol. The quantitative estimate of drug-likeness (QED) is 0.0148. The number of amides is 12. The number of ether oxygens (including phenoxy) is 2. The number of primary amides is 1. The van der Waals surface area contributed by atoms with Gasteiger partial charge in [0.25, 0.3) is 11.8 Å². The van der Waals surface area contributed by atoms with Gasteiger partial charge in [-0.3, -0.25) is 57.9 Å². The normalized spacial score (nSPS) is 16.2. The van der Waals surface area contributed by atoms with Crippen LogP contribution in [0.3, 0.4) is 0 Å². The molecule has 4 aromatic rings. The highest BCUT2D eigenvalue weighted by Gasteiger charge is 2.44. The van der Waals surface area contributed by atoms with Gasteiger partial charge in [-0.2, -0.15) is 13.2 Å². The first-order valence-electron chi connectivity index (χ1n) is 38.7. The number of carboxylic acid groups (broad SMARTS) is 2. The Morgan fingerprint density at radius 1 is 0.711 bits per heavy atom. The van der Waals surface area contributed by atoms with Crippen molar-refractivity contribution < 1.29 is 90.4 Å².